The van der Waals surface area contributed by atoms with E-state index in [-0.39, 0.29) is 28.9 Å². The molecule has 0 amide bonds. The molecule has 0 unspecified atom stereocenters. The monoisotopic (exact) mass is 416 g/mol. The standard InChI is InChI=1S/2C13H10O.Cr/c2*14-13(11-7-3-1-4-8-11)12-9-5-2-6-10-12;/h2*1-10H;. The molecule has 0 aliphatic heterocycles. The molecule has 0 saturated heterocycles. The number of benzene rings is 4. The molecule has 3 heteroatoms. The first kappa shape index (κ1) is 22.0. The molecule has 0 bridgehead atoms. The molecule has 0 radical (unpaired) electrons. The molecule has 0 saturated carbocycles. The number of carbonyl (C=O) groups excluding carboxylic acids is 2. The molecule has 4 aromatic carbocycles. The number of carbonyl (C=O) groups is 2. The van der Waals surface area contributed by atoms with Crippen LogP contribution in [0.25, 0.3) is 0 Å². The van der Waals surface area contributed by atoms with Gasteiger partial charge in [-0.2, -0.15) is 0 Å². The summed E-state index contributed by atoms with van der Waals surface area (Å²) in [5, 5.41) is 0. The van der Waals surface area contributed by atoms with Crippen LogP contribution in [0.1, 0.15) is 31.8 Å². The SMILES string of the molecule is O=C(c1ccccc1)c1ccccc1.O=C(c1ccccc1)c1ccccc1.[Cr]. The minimum atomic E-state index is 0. The summed E-state index contributed by atoms with van der Waals surface area (Å²) in [7, 11) is 0. The molecule has 0 aromatic heterocycles. The van der Waals surface area contributed by atoms with Crippen LogP contribution in [-0.4, -0.2) is 11.6 Å². The Bertz CT molecular complexity index is 845. The molecule has 0 aliphatic rings. The fourth-order valence-electron chi connectivity index (χ4n) is 2.69. The molecule has 0 heterocycles. The Balaban J connectivity index is 0.000000200. The molecule has 0 N–H and O–H groups in total. The van der Waals surface area contributed by atoms with Crippen molar-refractivity contribution < 1.29 is 27.0 Å². The van der Waals surface area contributed by atoms with Crippen molar-refractivity contribution in [3.05, 3.63) is 144 Å². The quantitative estimate of drug-likeness (QED) is 0.392. The summed E-state index contributed by atoms with van der Waals surface area (Å²) in [6, 6.07) is 37.2. The van der Waals surface area contributed by atoms with Crippen molar-refractivity contribution >= 4 is 11.6 Å². The molecule has 0 atom stereocenters. The third kappa shape index (κ3) is 6.40. The van der Waals surface area contributed by atoms with E-state index in [4.69, 9.17) is 0 Å². The molecule has 2 nitrogen and oxygen atoms in total. The van der Waals surface area contributed by atoms with E-state index in [1.165, 1.54) is 0 Å². The maximum Gasteiger partial charge on any atom is 0.193 e. The first-order chi connectivity index (χ1) is 13.8. The van der Waals surface area contributed by atoms with Gasteiger partial charge in [-0.05, 0) is 0 Å². The van der Waals surface area contributed by atoms with Gasteiger partial charge in [-0.25, -0.2) is 0 Å². The van der Waals surface area contributed by atoms with Crippen molar-refractivity contribution in [3.63, 3.8) is 0 Å². The molecule has 4 rings (SSSR count). The van der Waals surface area contributed by atoms with E-state index in [0.29, 0.717) is 0 Å². The molecule has 0 aliphatic carbocycles. The van der Waals surface area contributed by atoms with Gasteiger partial charge in [-0.3, -0.25) is 9.59 Å². The normalized spacial score (nSPS) is 9.38. The van der Waals surface area contributed by atoms with Crippen LogP contribution in [0, 0.1) is 0 Å². The molecular formula is C26H20CrO2. The Morgan fingerprint density at radius 1 is 0.345 bits per heavy atom. The summed E-state index contributed by atoms with van der Waals surface area (Å²) in [6.45, 7) is 0. The molecule has 0 fully saturated rings. The second-order valence-corrected chi connectivity index (χ2v) is 6.12. The largest absolute Gasteiger partial charge is 0.289 e. The molecule has 0 spiro atoms. The molecular weight excluding hydrogens is 396 g/mol. The first-order valence-electron chi connectivity index (χ1n) is 9.05. The Morgan fingerprint density at radius 2 is 0.517 bits per heavy atom. The van der Waals surface area contributed by atoms with Crippen LogP contribution >= 0.6 is 0 Å². The van der Waals surface area contributed by atoms with Crippen molar-refractivity contribution in [1.29, 1.82) is 0 Å². The molecule has 4 aromatic rings. The van der Waals surface area contributed by atoms with Gasteiger partial charge in [0.1, 0.15) is 0 Å². The zero-order chi connectivity index (χ0) is 19.6. The van der Waals surface area contributed by atoms with Gasteiger partial charge in [0, 0.05) is 39.6 Å². The number of hydrogen-bond acceptors (Lipinski definition) is 2. The van der Waals surface area contributed by atoms with Gasteiger partial charge in [0.2, 0.25) is 0 Å². The van der Waals surface area contributed by atoms with Crippen LogP contribution in [0.3, 0.4) is 0 Å². The maximum absolute atomic E-state index is 11.8. The van der Waals surface area contributed by atoms with Crippen molar-refractivity contribution in [1.82, 2.24) is 0 Å². The summed E-state index contributed by atoms with van der Waals surface area (Å²) in [6.07, 6.45) is 0. The van der Waals surface area contributed by atoms with Crippen LogP contribution in [0.4, 0.5) is 0 Å². The summed E-state index contributed by atoms with van der Waals surface area (Å²) < 4.78 is 0. The van der Waals surface area contributed by atoms with Gasteiger partial charge in [0.25, 0.3) is 0 Å². The van der Waals surface area contributed by atoms with Crippen LogP contribution in [0.2, 0.25) is 0 Å². The second kappa shape index (κ2) is 11.6. The van der Waals surface area contributed by atoms with E-state index in [2.05, 4.69) is 0 Å². The predicted octanol–water partition coefficient (Wildman–Crippen LogP) is 5.83. The fraction of sp³-hybridized carbons (Fsp3) is 0. The Hall–Kier alpha value is -3.25. The van der Waals surface area contributed by atoms with E-state index >= 15 is 0 Å². The minimum absolute atomic E-state index is 0. The minimum Gasteiger partial charge on any atom is -0.289 e. The van der Waals surface area contributed by atoms with Crippen LogP contribution in [-0.2, 0) is 17.4 Å². The average molecular weight is 416 g/mol. The van der Waals surface area contributed by atoms with E-state index in [9.17, 15) is 9.59 Å². The Labute approximate surface area is 182 Å². The third-order valence-electron chi connectivity index (χ3n) is 4.14. The summed E-state index contributed by atoms with van der Waals surface area (Å²) in [5.41, 5.74) is 2.94. The molecule has 142 valence electrons. The van der Waals surface area contributed by atoms with E-state index < -0.39 is 0 Å². The predicted molar refractivity (Wildman–Crippen MR) is 113 cm³/mol. The third-order valence-corrected chi connectivity index (χ3v) is 4.14. The van der Waals surface area contributed by atoms with Gasteiger partial charge in [0.05, 0.1) is 0 Å². The number of ketones is 2. The topological polar surface area (TPSA) is 34.1 Å². The van der Waals surface area contributed by atoms with Gasteiger partial charge in [-0.15, -0.1) is 0 Å². The van der Waals surface area contributed by atoms with E-state index in [1.807, 2.05) is 121 Å². The van der Waals surface area contributed by atoms with Gasteiger partial charge in [-0.1, -0.05) is 121 Å². The van der Waals surface area contributed by atoms with E-state index in [0.717, 1.165) is 22.3 Å². The van der Waals surface area contributed by atoms with Gasteiger partial charge >= 0.3 is 0 Å². The summed E-state index contributed by atoms with van der Waals surface area (Å²) >= 11 is 0. The zero-order valence-electron chi connectivity index (χ0n) is 15.8. The maximum atomic E-state index is 11.8. The summed E-state index contributed by atoms with van der Waals surface area (Å²) in [4.78, 5) is 23.7. The second-order valence-electron chi connectivity index (χ2n) is 6.12. The summed E-state index contributed by atoms with van der Waals surface area (Å²) in [5.74, 6) is 0.150. The molecule has 29 heavy (non-hydrogen) atoms. The first-order valence-corrected chi connectivity index (χ1v) is 9.05. The number of hydrogen-bond donors (Lipinski definition) is 0. The van der Waals surface area contributed by atoms with Crippen LogP contribution in [0.15, 0.2) is 121 Å². The van der Waals surface area contributed by atoms with Crippen LogP contribution in [0.5, 0.6) is 0 Å². The van der Waals surface area contributed by atoms with Gasteiger partial charge < -0.3 is 0 Å². The van der Waals surface area contributed by atoms with Crippen LogP contribution < -0.4 is 0 Å². The van der Waals surface area contributed by atoms with Crippen molar-refractivity contribution in [2.75, 3.05) is 0 Å². The van der Waals surface area contributed by atoms with Crippen molar-refractivity contribution in [2.45, 2.75) is 0 Å². The average Bonchev–Trinajstić information content (AvgIpc) is 2.81. The van der Waals surface area contributed by atoms with E-state index in [1.54, 1.807) is 0 Å². The Morgan fingerprint density at radius 3 is 0.690 bits per heavy atom. The Kier molecular flexibility index (Phi) is 8.79. The van der Waals surface area contributed by atoms with Crippen molar-refractivity contribution in [2.24, 2.45) is 0 Å². The zero-order valence-corrected chi connectivity index (χ0v) is 17.0. The number of rotatable bonds is 4. The fourth-order valence-corrected chi connectivity index (χ4v) is 2.69. The van der Waals surface area contributed by atoms with Gasteiger partial charge in [0.15, 0.2) is 11.6 Å². The van der Waals surface area contributed by atoms with Crippen molar-refractivity contribution in [3.8, 4) is 0 Å². The smallest absolute Gasteiger partial charge is 0.193 e.